The van der Waals surface area contributed by atoms with Crippen LogP contribution in [0.5, 0.6) is 0 Å². The number of fused-ring (bicyclic) bond motifs is 6. The number of oxazole rings is 1. The lowest BCUT2D eigenvalue weighted by molar-refractivity contribution is -0.265. The number of piperidine rings is 1. The van der Waals surface area contributed by atoms with E-state index in [1.807, 2.05) is 89.6 Å². The highest BCUT2D eigenvalue weighted by Crippen LogP contribution is 2.40. The monoisotopic (exact) mass is 1860 g/mol. The van der Waals surface area contributed by atoms with E-state index < -0.39 is 96.6 Å². The maximum Gasteiger partial charge on any atom is 0.329 e. The highest BCUT2D eigenvalue weighted by atomic mass is 16.6. The van der Waals surface area contributed by atoms with Gasteiger partial charge < -0.3 is 99.2 Å². The normalized spacial score (nSPS) is 28.7. The summed E-state index contributed by atoms with van der Waals surface area (Å²) in [5.41, 5.74) is 21.1. The molecule has 10 heterocycles. The first kappa shape index (κ1) is 101. The molecule has 7 aliphatic rings. The van der Waals surface area contributed by atoms with E-state index in [1.54, 1.807) is 59.5 Å². The van der Waals surface area contributed by atoms with Crippen LogP contribution in [0.25, 0.3) is 33.4 Å². The number of hydrogen-bond donors (Lipinski definition) is 7. The number of aliphatic hydroxyl groups is 4. The Kier molecular flexibility index (Phi) is 36.4. The molecule has 1 saturated carbocycles. The molecule has 36 nitrogen and oxygen atoms in total. The van der Waals surface area contributed by atoms with Gasteiger partial charge in [0.25, 0.3) is 23.6 Å². The third-order valence-electron chi connectivity index (χ3n) is 27.8. The van der Waals surface area contributed by atoms with Gasteiger partial charge in [-0.05, 0) is 148 Å². The number of esters is 1. The Balaban J connectivity index is 0.532. The van der Waals surface area contributed by atoms with Crippen molar-refractivity contribution in [2.45, 2.75) is 225 Å². The maximum absolute atomic E-state index is 14.8. The quantitative estimate of drug-likeness (QED) is 0.00853. The van der Waals surface area contributed by atoms with Crippen LogP contribution in [0.1, 0.15) is 161 Å². The van der Waals surface area contributed by atoms with E-state index in [4.69, 9.17) is 59.0 Å². The molecule has 6 aliphatic heterocycles. The largest absolute Gasteiger partial charge is 0.460 e. The van der Waals surface area contributed by atoms with E-state index >= 15 is 0 Å². The lowest BCUT2D eigenvalue weighted by atomic mass is 9.78. The van der Waals surface area contributed by atoms with Gasteiger partial charge in [0.2, 0.25) is 23.5 Å². The number of anilines is 3. The Hall–Kier alpha value is -10.1. The number of oxime groups is 1. The van der Waals surface area contributed by atoms with Crippen LogP contribution in [0.15, 0.2) is 112 Å². The van der Waals surface area contributed by atoms with Crippen molar-refractivity contribution in [1.29, 1.82) is 0 Å². The van der Waals surface area contributed by atoms with Gasteiger partial charge in [-0.25, -0.2) is 29.4 Å². The topological polar surface area (TPSA) is 448 Å². The summed E-state index contributed by atoms with van der Waals surface area (Å²) in [5.74, 6) is -6.99. The number of nitrogens with zero attached hydrogens (tertiary/aromatic N) is 14. The second-order valence-electron chi connectivity index (χ2n) is 37.5. The molecule has 0 unspecified atom stereocenters. The summed E-state index contributed by atoms with van der Waals surface area (Å²) in [4.78, 5) is 124. The summed E-state index contributed by atoms with van der Waals surface area (Å²) in [5, 5.41) is 60.5. The molecule has 13 rings (SSSR count). The molecule has 730 valence electrons. The Bertz CT molecular complexity index is 5110. The molecular formula is C98H139N17O19. The fourth-order valence-corrected chi connectivity index (χ4v) is 19.6. The number of benzene rings is 2. The average molecular weight is 1860 g/mol. The first-order valence-electron chi connectivity index (χ1n) is 47.8. The minimum Gasteiger partial charge on any atom is -0.460 e. The molecule has 0 spiro atoms. The lowest BCUT2D eigenvalue weighted by Crippen LogP contribution is -2.61. The molecule has 6 aromatic rings. The number of nitrogen functional groups attached to an aromatic ring is 2. The van der Waals surface area contributed by atoms with Gasteiger partial charge in [-0.15, -0.1) is 0 Å². The second kappa shape index (κ2) is 48.1. The van der Waals surface area contributed by atoms with Gasteiger partial charge in [0, 0.05) is 167 Å². The zero-order chi connectivity index (χ0) is 95.3. The van der Waals surface area contributed by atoms with Gasteiger partial charge >= 0.3 is 5.97 Å². The van der Waals surface area contributed by atoms with Gasteiger partial charge in [-0.3, -0.25) is 33.8 Å². The molecule has 36 heteroatoms. The number of amides is 4. The van der Waals surface area contributed by atoms with Crippen molar-refractivity contribution >= 4 is 81.0 Å². The summed E-state index contributed by atoms with van der Waals surface area (Å²) in [7, 11) is 4.60. The minimum atomic E-state index is -2.47. The van der Waals surface area contributed by atoms with Crippen LogP contribution in [0.3, 0.4) is 0 Å². The molecular weight excluding hydrogens is 1720 g/mol. The third kappa shape index (κ3) is 26.4. The predicted molar refractivity (Wildman–Crippen MR) is 503 cm³/mol. The fraction of sp³-hybridized carbons (Fsp3) is 0.622. The predicted octanol–water partition coefficient (Wildman–Crippen LogP) is 7.71. The molecule has 2 bridgehead atoms. The van der Waals surface area contributed by atoms with Gasteiger partial charge in [0.15, 0.2) is 17.8 Å². The molecule has 134 heavy (non-hydrogen) atoms. The minimum absolute atomic E-state index is 0.0300. The van der Waals surface area contributed by atoms with Crippen LogP contribution in [0.4, 0.5) is 17.8 Å². The number of carbonyl (C=O) groups is 6. The average Bonchev–Trinajstić information content (AvgIpc) is 1.34. The number of cyclic esters (lactones) is 1. The Morgan fingerprint density at radius 3 is 2.17 bits per heavy atom. The zero-order valence-electron chi connectivity index (χ0n) is 79.4. The molecule has 1 aliphatic carbocycles. The van der Waals surface area contributed by atoms with Gasteiger partial charge in [0.1, 0.15) is 47.7 Å². The number of ketones is 1. The number of nitrogens with one attached hydrogen (secondary N) is 1. The van der Waals surface area contributed by atoms with E-state index in [-0.39, 0.29) is 86.4 Å². The highest BCUT2D eigenvalue weighted by Gasteiger charge is 2.53. The summed E-state index contributed by atoms with van der Waals surface area (Å²) < 4.78 is 49.7. The van der Waals surface area contributed by atoms with Gasteiger partial charge in [-0.1, -0.05) is 94.4 Å². The smallest absolute Gasteiger partial charge is 0.329 e. The number of Topliss-reactive ketones (excluding diaryl/α,β-unsaturated/α-hetero) is 1. The molecule has 4 amide bonds. The summed E-state index contributed by atoms with van der Waals surface area (Å²) in [6.45, 7) is 23.4. The van der Waals surface area contributed by atoms with Gasteiger partial charge in [-0.2, -0.15) is 10.1 Å². The number of nitrogens with two attached hydrogens (primary N) is 2. The van der Waals surface area contributed by atoms with Crippen molar-refractivity contribution in [3.8, 4) is 11.3 Å². The van der Waals surface area contributed by atoms with E-state index in [1.165, 1.54) is 23.9 Å². The molecule has 4 aromatic heterocycles. The number of methoxy groups -OCH3 is 3. The van der Waals surface area contributed by atoms with Crippen LogP contribution in [0, 0.1) is 35.5 Å². The molecule has 2 aromatic carbocycles. The Morgan fingerprint density at radius 2 is 1.46 bits per heavy atom. The van der Waals surface area contributed by atoms with Crippen LogP contribution >= 0.6 is 0 Å². The Morgan fingerprint density at radius 1 is 0.724 bits per heavy atom. The van der Waals surface area contributed by atoms with Crippen LogP contribution in [-0.4, -0.2) is 314 Å². The van der Waals surface area contributed by atoms with E-state index in [0.29, 0.717) is 193 Å². The van der Waals surface area contributed by atoms with Crippen molar-refractivity contribution < 1.29 is 91.6 Å². The number of hydrogen-bond acceptors (Lipinski definition) is 31. The number of carbonyl (C=O) groups excluding carboxylic acids is 6. The van der Waals surface area contributed by atoms with Crippen molar-refractivity contribution in [1.82, 2.24) is 64.5 Å². The number of allylic oxidation sites excluding steroid dienone is 5. The molecule has 16 atom stereocenters. The number of rotatable bonds is 27. The van der Waals surface area contributed by atoms with Crippen LogP contribution in [-0.2, 0) is 92.8 Å². The number of ether oxygens (including phenoxy) is 7. The summed E-state index contributed by atoms with van der Waals surface area (Å²) in [6, 6.07) is 10.8. The van der Waals surface area contributed by atoms with Crippen LogP contribution < -0.4 is 21.7 Å². The first-order valence-corrected chi connectivity index (χ1v) is 47.8. The van der Waals surface area contributed by atoms with Crippen molar-refractivity contribution in [2.75, 3.05) is 149 Å². The standard InChI is InChI=1S/C98H139N17O19/c1-61-16-12-11-13-17-62(2)80(126-8)52-74-24-19-67(7)98(125,134-74)91(122)94(123)114-30-15-14-18-76(114)95(124)132-81(64(4)48-68-21-25-77(116)82(50-68)127-9)53-78(117)63(3)47-66(6)89(121)90(128-10)87(65(5)46-61)108-131-59-83(118)101-54-70-55-102-97(103-56-70)112-38-36-111(37-39-112)84(119)28-42-129-44-40-109-32-34-110(35-33-109)41-45-130-43-29-85(120)113-31-27-71-49-69(20-22-73(71)58-113)57-115-93-86(92(99)104-60-105-93)88(107-115)72-23-26-79-75(51-72)106-96(100)133-79/h11-13,16-17,20,22-23,26,47,49,51,55-56,60-61,63-65,67-68,74,76-78,80-82,89-90,116-117,121,125H,14-15,18-19,21,24-25,27-46,48,50,52-54,57-59H2,1-10H3,(H2,100,106)(H,101,118)(H2,99,104,105)/b13-11+,16-12+,62-17+,66-47+,108-87?/t61-,63-,64-,65-,67-,68+,74+,76+,77-,78-,80+,81+,82-,89-,90+,98-/m1/s1. The highest BCUT2D eigenvalue weighted by molar-refractivity contribution is 6.39. The molecule has 0 radical (unpaired) electrons. The van der Waals surface area contributed by atoms with Crippen molar-refractivity contribution in [3.63, 3.8) is 0 Å². The first-order chi connectivity index (χ1) is 64.5. The maximum atomic E-state index is 14.8. The number of aliphatic hydroxyl groups excluding tert-OH is 3. The van der Waals surface area contributed by atoms with Gasteiger partial charge in [0.05, 0.1) is 87.4 Å². The van der Waals surface area contributed by atoms with E-state index in [9.17, 15) is 49.2 Å². The molecule has 4 saturated heterocycles. The van der Waals surface area contributed by atoms with Crippen molar-refractivity contribution in [2.24, 2.45) is 40.7 Å². The zero-order valence-corrected chi connectivity index (χ0v) is 79.4. The lowest BCUT2D eigenvalue weighted by Gasteiger charge is -2.43. The van der Waals surface area contributed by atoms with E-state index in [0.717, 1.165) is 68.0 Å². The third-order valence-corrected chi connectivity index (χ3v) is 27.8. The second-order valence-corrected chi connectivity index (χ2v) is 37.5. The molecule has 5 fully saturated rings. The van der Waals surface area contributed by atoms with Crippen molar-refractivity contribution in [3.05, 3.63) is 125 Å². The number of piperazine rings is 2. The van der Waals surface area contributed by atoms with E-state index in [2.05, 4.69) is 63.4 Å². The Labute approximate surface area is 784 Å². The SMILES string of the molecule is CO[C@H]1C[C@@H]2CC[C@@H](C)[C@@](O)(O2)C(=O)C(=O)N2CCCC[C@H]2C(=O)O[C@H]([C@H](C)C[C@@H]2CC[C@@H](O)[C@H](OC)C2)C[C@@H](O)[C@H](C)/C=C(\C)[C@@H](O)[C@@H](OC)C(=NOCC(=O)NCc2cnc(N3CCN(C(=O)CCOCCN4CCN(CCOCCC(=O)N5CCc6cc(Cn7nc(-c8ccc9oc(N)nc9c8)c8c(N)ncnc87)ccc6C5)CC4)CC3)nc2)[C@H](C)C[C@H](C)/C=C/C=C/C=C/1C. The summed E-state index contributed by atoms with van der Waals surface area (Å²) in [6.07, 6.45) is 16.2. The molecule has 9 N–H and O–H groups in total. The summed E-state index contributed by atoms with van der Waals surface area (Å²) >= 11 is 0. The fourth-order valence-electron chi connectivity index (χ4n) is 19.6. The van der Waals surface area contributed by atoms with Crippen LogP contribution in [0.2, 0.25) is 0 Å². The number of aromatic nitrogens is 7.